The number of carbonyl (C=O) groups is 1. The number of nitrogens with zero attached hydrogens (tertiary/aromatic N) is 3. The number of ketones is 1. The van der Waals surface area contributed by atoms with E-state index in [4.69, 9.17) is 10.2 Å². The van der Waals surface area contributed by atoms with Gasteiger partial charge in [-0.2, -0.15) is 0 Å². The number of carbonyl (C=O) groups excluding carboxylic acids is 1. The van der Waals surface area contributed by atoms with Crippen LogP contribution in [0.5, 0.6) is 0 Å². The van der Waals surface area contributed by atoms with Crippen LogP contribution in [-0.4, -0.2) is 20.7 Å². The Kier molecular flexibility index (Phi) is 2.40. The van der Waals surface area contributed by atoms with Crippen molar-refractivity contribution in [3.63, 3.8) is 0 Å². The largest absolute Gasteiger partial charge is 0.442 e. The molecule has 0 aliphatic heterocycles. The van der Waals surface area contributed by atoms with Gasteiger partial charge in [0.05, 0.1) is 11.9 Å². The SMILES string of the molecule is CC(=O)c1nc(C)c(-c2cnco2)nc1N. The summed E-state index contributed by atoms with van der Waals surface area (Å²) in [5.74, 6) is 0.369. The average molecular weight is 218 g/mol. The molecule has 0 aromatic carbocycles. The van der Waals surface area contributed by atoms with Crippen molar-refractivity contribution < 1.29 is 9.21 Å². The van der Waals surface area contributed by atoms with Gasteiger partial charge in [-0.3, -0.25) is 4.79 Å². The van der Waals surface area contributed by atoms with Crippen molar-refractivity contribution in [1.29, 1.82) is 0 Å². The molecule has 2 aromatic heterocycles. The first-order chi connectivity index (χ1) is 7.59. The molecule has 0 unspecified atom stereocenters. The number of Topliss-reactive ketones (excluding diaryl/α,β-unsaturated/α-hetero) is 1. The maximum absolute atomic E-state index is 11.2. The Morgan fingerprint density at radius 3 is 2.75 bits per heavy atom. The van der Waals surface area contributed by atoms with Crippen LogP contribution in [0.4, 0.5) is 5.82 Å². The van der Waals surface area contributed by atoms with E-state index in [0.717, 1.165) is 0 Å². The number of rotatable bonds is 2. The molecule has 6 heteroatoms. The number of aryl methyl sites for hydroxylation is 1. The monoisotopic (exact) mass is 218 g/mol. The van der Waals surface area contributed by atoms with Gasteiger partial charge in [-0.25, -0.2) is 15.0 Å². The molecule has 82 valence electrons. The van der Waals surface area contributed by atoms with E-state index in [1.807, 2.05) is 0 Å². The smallest absolute Gasteiger partial charge is 0.181 e. The number of hydrogen-bond acceptors (Lipinski definition) is 6. The van der Waals surface area contributed by atoms with Crippen LogP contribution in [0.15, 0.2) is 17.0 Å². The highest BCUT2D eigenvalue weighted by molar-refractivity contribution is 5.96. The van der Waals surface area contributed by atoms with Gasteiger partial charge in [0, 0.05) is 6.92 Å². The molecule has 2 heterocycles. The molecule has 0 radical (unpaired) electrons. The Morgan fingerprint density at radius 2 is 2.19 bits per heavy atom. The van der Waals surface area contributed by atoms with Crippen molar-refractivity contribution >= 4 is 11.6 Å². The number of anilines is 1. The van der Waals surface area contributed by atoms with Crippen LogP contribution in [0.3, 0.4) is 0 Å². The molecular weight excluding hydrogens is 208 g/mol. The molecule has 0 amide bonds. The summed E-state index contributed by atoms with van der Waals surface area (Å²) in [4.78, 5) is 23.2. The van der Waals surface area contributed by atoms with Crippen LogP contribution in [-0.2, 0) is 0 Å². The molecule has 2 aromatic rings. The number of oxazole rings is 1. The van der Waals surface area contributed by atoms with Crippen LogP contribution in [0, 0.1) is 6.92 Å². The lowest BCUT2D eigenvalue weighted by atomic mass is 10.2. The highest BCUT2D eigenvalue weighted by Crippen LogP contribution is 2.21. The predicted molar refractivity (Wildman–Crippen MR) is 56.7 cm³/mol. The van der Waals surface area contributed by atoms with Gasteiger partial charge in [0.15, 0.2) is 23.8 Å². The van der Waals surface area contributed by atoms with Gasteiger partial charge in [0.2, 0.25) is 0 Å². The Hall–Kier alpha value is -2.24. The fraction of sp³-hybridized carbons (Fsp3) is 0.200. The average Bonchev–Trinajstić information content (AvgIpc) is 2.73. The third-order valence-electron chi connectivity index (χ3n) is 2.10. The summed E-state index contributed by atoms with van der Waals surface area (Å²) in [6.45, 7) is 3.13. The summed E-state index contributed by atoms with van der Waals surface area (Å²) in [5, 5.41) is 0. The molecule has 0 atom stereocenters. The lowest BCUT2D eigenvalue weighted by Gasteiger charge is -2.05. The second-order valence-corrected chi connectivity index (χ2v) is 3.31. The molecule has 16 heavy (non-hydrogen) atoms. The molecule has 0 bridgehead atoms. The van der Waals surface area contributed by atoms with Crippen LogP contribution in [0.1, 0.15) is 23.1 Å². The summed E-state index contributed by atoms with van der Waals surface area (Å²) in [5.41, 5.74) is 6.90. The summed E-state index contributed by atoms with van der Waals surface area (Å²) in [7, 11) is 0. The molecule has 6 nitrogen and oxygen atoms in total. The minimum Gasteiger partial charge on any atom is -0.442 e. The number of hydrogen-bond donors (Lipinski definition) is 1. The van der Waals surface area contributed by atoms with Gasteiger partial charge < -0.3 is 10.2 Å². The van der Waals surface area contributed by atoms with E-state index in [1.54, 1.807) is 6.92 Å². The minimum atomic E-state index is -0.211. The van der Waals surface area contributed by atoms with Gasteiger partial charge in [0.25, 0.3) is 0 Å². The maximum Gasteiger partial charge on any atom is 0.181 e. The van der Waals surface area contributed by atoms with Gasteiger partial charge in [0.1, 0.15) is 11.4 Å². The molecule has 0 fully saturated rings. The lowest BCUT2D eigenvalue weighted by Crippen LogP contribution is -2.08. The third kappa shape index (κ3) is 1.65. The van der Waals surface area contributed by atoms with Crippen LogP contribution >= 0.6 is 0 Å². The van der Waals surface area contributed by atoms with Gasteiger partial charge in [-0.15, -0.1) is 0 Å². The first-order valence-electron chi connectivity index (χ1n) is 4.63. The summed E-state index contributed by atoms with van der Waals surface area (Å²) in [6.07, 6.45) is 2.81. The molecule has 2 rings (SSSR count). The number of nitrogen functional groups attached to an aromatic ring is 1. The lowest BCUT2D eigenvalue weighted by molar-refractivity contribution is 0.101. The van der Waals surface area contributed by atoms with E-state index >= 15 is 0 Å². The first kappa shape index (κ1) is 10.3. The molecule has 0 spiro atoms. The van der Waals surface area contributed by atoms with E-state index in [0.29, 0.717) is 17.1 Å². The fourth-order valence-corrected chi connectivity index (χ4v) is 1.36. The topological polar surface area (TPSA) is 94.9 Å². The number of aromatic nitrogens is 3. The standard InChI is InChI=1S/C10H10N4O2/c1-5-8(7-3-12-4-16-7)14-10(11)9(13-5)6(2)15/h3-4H,1-2H3,(H2,11,14). The summed E-state index contributed by atoms with van der Waals surface area (Å²) >= 11 is 0. The van der Waals surface area contributed by atoms with E-state index in [1.165, 1.54) is 19.5 Å². The van der Waals surface area contributed by atoms with Crippen LogP contribution in [0.2, 0.25) is 0 Å². The first-order valence-corrected chi connectivity index (χ1v) is 4.63. The minimum absolute atomic E-state index is 0.101. The van der Waals surface area contributed by atoms with E-state index < -0.39 is 0 Å². The predicted octanol–water partition coefficient (Wildman–Crippen LogP) is 1.22. The molecule has 0 aliphatic rings. The second kappa shape index (κ2) is 3.73. The Morgan fingerprint density at radius 1 is 1.44 bits per heavy atom. The number of nitrogens with two attached hydrogens (primary N) is 1. The summed E-state index contributed by atoms with van der Waals surface area (Å²) < 4.78 is 5.10. The Bertz CT molecular complexity index is 534. The highest BCUT2D eigenvalue weighted by Gasteiger charge is 2.15. The molecule has 0 aliphatic carbocycles. The Balaban J connectivity index is 2.59. The van der Waals surface area contributed by atoms with Crippen molar-refractivity contribution in [3.05, 3.63) is 24.0 Å². The van der Waals surface area contributed by atoms with Crippen molar-refractivity contribution in [2.45, 2.75) is 13.8 Å². The molecule has 0 saturated heterocycles. The van der Waals surface area contributed by atoms with Crippen molar-refractivity contribution in [3.8, 4) is 11.5 Å². The van der Waals surface area contributed by atoms with Crippen molar-refractivity contribution in [2.24, 2.45) is 0 Å². The zero-order valence-corrected chi connectivity index (χ0v) is 8.89. The van der Waals surface area contributed by atoms with Gasteiger partial charge in [-0.1, -0.05) is 0 Å². The normalized spacial score (nSPS) is 10.4. The van der Waals surface area contributed by atoms with Crippen LogP contribution < -0.4 is 5.73 Å². The van der Waals surface area contributed by atoms with E-state index in [2.05, 4.69) is 15.0 Å². The summed E-state index contributed by atoms with van der Waals surface area (Å²) in [6, 6.07) is 0. The van der Waals surface area contributed by atoms with Crippen LogP contribution in [0.25, 0.3) is 11.5 Å². The van der Waals surface area contributed by atoms with E-state index in [-0.39, 0.29) is 17.3 Å². The van der Waals surface area contributed by atoms with E-state index in [9.17, 15) is 4.79 Å². The Labute approximate surface area is 91.5 Å². The van der Waals surface area contributed by atoms with Gasteiger partial charge >= 0.3 is 0 Å². The molecule has 2 N–H and O–H groups in total. The van der Waals surface area contributed by atoms with Crippen molar-refractivity contribution in [2.75, 3.05) is 5.73 Å². The third-order valence-corrected chi connectivity index (χ3v) is 2.10. The maximum atomic E-state index is 11.2. The fourth-order valence-electron chi connectivity index (χ4n) is 1.36. The zero-order chi connectivity index (χ0) is 11.7. The quantitative estimate of drug-likeness (QED) is 0.761. The van der Waals surface area contributed by atoms with Gasteiger partial charge in [-0.05, 0) is 6.92 Å². The molecule has 0 saturated carbocycles. The second-order valence-electron chi connectivity index (χ2n) is 3.31. The highest BCUT2D eigenvalue weighted by atomic mass is 16.3. The van der Waals surface area contributed by atoms with Crippen molar-refractivity contribution in [1.82, 2.24) is 15.0 Å². The molecular formula is C10H10N4O2. The zero-order valence-electron chi connectivity index (χ0n) is 8.89.